The maximum Gasteiger partial charge on any atom is 0.257 e. The van der Waals surface area contributed by atoms with Gasteiger partial charge in [0, 0.05) is 12.4 Å². The van der Waals surface area contributed by atoms with Gasteiger partial charge >= 0.3 is 0 Å². The number of tetrazole rings is 1. The van der Waals surface area contributed by atoms with Gasteiger partial charge in [0.2, 0.25) is 0 Å². The molecule has 10 heteroatoms. The molecule has 0 fully saturated rings. The monoisotopic (exact) mass is 349 g/mol. The number of para-hydroxylation sites is 1. The minimum Gasteiger partial charge on any atom is -0.345 e. The van der Waals surface area contributed by atoms with Crippen LogP contribution in [-0.2, 0) is 0 Å². The van der Waals surface area contributed by atoms with E-state index >= 15 is 0 Å². The molecule has 2 N–H and O–H groups in total. The summed E-state index contributed by atoms with van der Waals surface area (Å²) in [7, 11) is 0. The van der Waals surface area contributed by atoms with Crippen LogP contribution in [0.3, 0.4) is 0 Å². The molecule has 1 amide bonds. The van der Waals surface area contributed by atoms with E-state index in [-0.39, 0.29) is 11.9 Å². The standard InChI is InChI=1S/C16H15N9O/c1-11(12-5-2-3-6-14(12)24-8-4-7-19-24)20-16(26)13-9-17-21-15(13)25-10-18-22-23-25/h2-11H,1H3,(H,17,21)(H,20,26)/t11-/m1/s1. The lowest BCUT2D eigenvalue weighted by molar-refractivity contribution is 0.0940. The van der Waals surface area contributed by atoms with Crippen molar-refractivity contribution in [2.24, 2.45) is 0 Å². The van der Waals surface area contributed by atoms with E-state index in [1.54, 1.807) is 10.9 Å². The minimum atomic E-state index is -0.285. The number of rotatable bonds is 5. The quantitative estimate of drug-likeness (QED) is 0.556. The number of aromatic amines is 1. The van der Waals surface area contributed by atoms with Crippen molar-refractivity contribution >= 4 is 5.91 Å². The van der Waals surface area contributed by atoms with Gasteiger partial charge in [0.15, 0.2) is 5.82 Å². The van der Waals surface area contributed by atoms with Crippen molar-refractivity contribution < 1.29 is 4.79 Å². The van der Waals surface area contributed by atoms with E-state index in [4.69, 9.17) is 0 Å². The number of nitrogens with zero attached hydrogens (tertiary/aromatic N) is 7. The topological polar surface area (TPSA) is 119 Å². The van der Waals surface area contributed by atoms with Crippen molar-refractivity contribution in [1.29, 1.82) is 0 Å². The molecule has 0 aliphatic rings. The normalized spacial score (nSPS) is 12.0. The maximum absolute atomic E-state index is 12.7. The number of hydrogen-bond donors (Lipinski definition) is 2. The van der Waals surface area contributed by atoms with Gasteiger partial charge in [-0.1, -0.05) is 18.2 Å². The Morgan fingerprint density at radius 1 is 1.23 bits per heavy atom. The van der Waals surface area contributed by atoms with E-state index in [0.717, 1.165) is 11.3 Å². The van der Waals surface area contributed by atoms with Gasteiger partial charge in [0.05, 0.1) is 17.9 Å². The van der Waals surface area contributed by atoms with Gasteiger partial charge in [-0.15, -0.1) is 5.10 Å². The molecule has 3 aromatic heterocycles. The van der Waals surface area contributed by atoms with Crippen molar-refractivity contribution in [3.63, 3.8) is 0 Å². The second kappa shape index (κ2) is 6.59. The number of H-pyrrole nitrogens is 1. The van der Waals surface area contributed by atoms with Gasteiger partial charge in [-0.2, -0.15) is 14.9 Å². The maximum atomic E-state index is 12.7. The van der Waals surface area contributed by atoms with Crippen LogP contribution in [0.1, 0.15) is 28.9 Å². The van der Waals surface area contributed by atoms with Gasteiger partial charge in [-0.3, -0.25) is 9.89 Å². The number of amides is 1. The summed E-state index contributed by atoms with van der Waals surface area (Å²) in [5.74, 6) is 0.118. The first-order valence-electron chi connectivity index (χ1n) is 7.90. The van der Waals surface area contributed by atoms with Crippen LogP contribution in [0.2, 0.25) is 0 Å². The summed E-state index contributed by atoms with van der Waals surface area (Å²) in [6.45, 7) is 1.91. The smallest absolute Gasteiger partial charge is 0.257 e. The molecule has 1 atom stereocenters. The molecule has 0 saturated heterocycles. The Morgan fingerprint density at radius 2 is 2.12 bits per heavy atom. The molecular weight excluding hydrogens is 334 g/mol. The van der Waals surface area contributed by atoms with Crippen LogP contribution in [0.25, 0.3) is 11.5 Å². The Kier molecular flexibility index (Phi) is 3.98. The predicted molar refractivity (Wildman–Crippen MR) is 90.7 cm³/mol. The average Bonchev–Trinajstić information content (AvgIpc) is 3.43. The first kappa shape index (κ1) is 15.7. The molecule has 4 aromatic rings. The highest BCUT2D eigenvalue weighted by atomic mass is 16.1. The molecule has 3 heterocycles. The fourth-order valence-electron chi connectivity index (χ4n) is 2.71. The molecule has 0 spiro atoms. The van der Waals surface area contributed by atoms with Gasteiger partial charge in [0.25, 0.3) is 5.91 Å². The van der Waals surface area contributed by atoms with Crippen LogP contribution in [0.15, 0.2) is 55.2 Å². The second-order valence-corrected chi connectivity index (χ2v) is 5.59. The molecule has 0 saturated carbocycles. The zero-order chi connectivity index (χ0) is 17.9. The molecule has 0 aliphatic carbocycles. The van der Waals surface area contributed by atoms with Gasteiger partial charge < -0.3 is 5.32 Å². The molecule has 26 heavy (non-hydrogen) atoms. The molecular formula is C16H15N9O. The van der Waals surface area contributed by atoms with Crippen LogP contribution in [0.4, 0.5) is 0 Å². The van der Waals surface area contributed by atoms with E-state index < -0.39 is 0 Å². The molecule has 0 unspecified atom stereocenters. The summed E-state index contributed by atoms with van der Waals surface area (Å²) in [4.78, 5) is 12.7. The molecule has 4 rings (SSSR count). The first-order chi connectivity index (χ1) is 12.7. The van der Waals surface area contributed by atoms with Crippen LogP contribution in [0, 0.1) is 0 Å². The molecule has 10 nitrogen and oxygen atoms in total. The van der Waals surface area contributed by atoms with Crippen LogP contribution < -0.4 is 5.32 Å². The third-order valence-electron chi connectivity index (χ3n) is 3.94. The van der Waals surface area contributed by atoms with Crippen LogP contribution in [-0.4, -0.2) is 46.1 Å². The highest BCUT2D eigenvalue weighted by Crippen LogP contribution is 2.21. The largest absolute Gasteiger partial charge is 0.345 e. The van der Waals surface area contributed by atoms with Crippen molar-refractivity contribution in [1.82, 2.24) is 45.5 Å². The van der Waals surface area contributed by atoms with Gasteiger partial charge in [-0.05, 0) is 35.0 Å². The summed E-state index contributed by atoms with van der Waals surface area (Å²) in [6.07, 6.45) is 6.41. The molecule has 1 aromatic carbocycles. The van der Waals surface area contributed by atoms with Gasteiger partial charge in [-0.25, -0.2) is 4.68 Å². The van der Waals surface area contributed by atoms with Crippen molar-refractivity contribution in [3.05, 3.63) is 66.4 Å². The number of benzene rings is 1. The zero-order valence-corrected chi connectivity index (χ0v) is 13.8. The Hall–Kier alpha value is -3.82. The fraction of sp³-hybridized carbons (Fsp3) is 0.125. The molecule has 0 radical (unpaired) electrons. The Bertz CT molecular complexity index is 1000. The van der Waals surface area contributed by atoms with Crippen molar-refractivity contribution in [2.45, 2.75) is 13.0 Å². The highest BCUT2D eigenvalue weighted by molar-refractivity contribution is 5.97. The number of carbonyl (C=O) groups is 1. The Balaban J connectivity index is 1.59. The number of carbonyl (C=O) groups excluding carboxylic acids is 1. The van der Waals surface area contributed by atoms with E-state index in [2.05, 4.69) is 36.1 Å². The molecule has 0 bridgehead atoms. The fourth-order valence-corrected chi connectivity index (χ4v) is 2.71. The summed E-state index contributed by atoms with van der Waals surface area (Å²) in [5, 5.41) is 24.8. The van der Waals surface area contributed by atoms with Crippen LogP contribution >= 0.6 is 0 Å². The number of aromatic nitrogens is 8. The zero-order valence-electron chi connectivity index (χ0n) is 13.8. The summed E-state index contributed by atoms with van der Waals surface area (Å²) < 4.78 is 3.12. The second-order valence-electron chi connectivity index (χ2n) is 5.59. The predicted octanol–water partition coefficient (Wildman–Crippen LogP) is 1.06. The SMILES string of the molecule is C[C@@H](NC(=O)c1cn[nH]c1-n1cnnn1)c1ccccc1-n1cccn1. The lowest BCUT2D eigenvalue weighted by Crippen LogP contribution is -2.28. The van der Waals surface area contributed by atoms with E-state index in [1.165, 1.54) is 17.2 Å². The lowest BCUT2D eigenvalue weighted by atomic mass is 10.1. The summed E-state index contributed by atoms with van der Waals surface area (Å²) in [6, 6.07) is 9.37. The number of nitrogens with one attached hydrogen (secondary N) is 2. The van der Waals surface area contributed by atoms with Crippen LogP contribution in [0.5, 0.6) is 0 Å². The third kappa shape index (κ3) is 2.83. The van der Waals surface area contributed by atoms with E-state index in [9.17, 15) is 4.79 Å². The Morgan fingerprint density at radius 3 is 2.88 bits per heavy atom. The molecule has 130 valence electrons. The average molecular weight is 349 g/mol. The van der Waals surface area contributed by atoms with E-state index in [1.807, 2.05) is 43.5 Å². The molecule has 0 aliphatic heterocycles. The van der Waals surface area contributed by atoms with Crippen molar-refractivity contribution in [2.75, 3.05) is 0 Å². The summed E-state index contributed by atoms with van der Waals surface area (Å²) >= 11 is 0. The third-order valence-corrected chi connectivity index (χ3v) is 3.94. The Labute approximate surface area is 147 Å². The number of hydrogen-bond acceptors (Lipinski definition) is 6. The highest BCUT2D eigenvalue weighted by Gasteiger charge is 2.20. The first-order valence-corrected chi connectivity index (χ1v) is 7.90. The van der Waals surface area contributed by atoms with Crippen molar-refractivity contribution in [3.8, 4) is 11.5 Å². The lowest BCUT2D eigenvalue weighted by Gasteiger charge is -2.18. The minimum absolute atomic E-state index is 0.250. The van der Waals surface area contributed by atoms with E-state index in [0.29, 0.717) is 11.4 Å². The van der Waals surface area contributed by atoms with Gasteiger partial charge in [0.1, 0.15) is 11.9 Å². The summed E-state index contributed by atoms with van der Waals surface area (Å²) in [5.41, 5.74) is 2.19.